The van der Waals surface area contributed by atoms with Crippen molar-refractivity contribution in [3.05, 3.63) is 59.2 Å². The van der Waals surface area contributed by atoms with Gasteiger partial charge in [-0.15, -0.1) is 0 Å². The molecule has 0 aliphatic carbocycles. The van der Waals surface area contributed by atoms with Crippen LogP contribution in [0.5, 0.6) is 5.75 Å². The number of carbonyl (C=O) groups excluding carboxylic acids is 1. The van der Waals surface area contributed by atoms with Crippen molar-refractivity contribution < 1.29 is 36.2 Å². The number of ether oxygens (including phenoxy) is 2. The smallest absolute Gasteiger partial charge is 0.417 e. The molecule has 1 saturated heterocycles. The highest BCUT2D eigenvalue weighted by Crippen LogP contribution is 2.55. The zero-order chi connectivity index (χ0) is 23.8. The number of nitrogens with one attached hydrogen (secondary N) is 1. The summed E-state index contributed by atoms with van der Waals surface area (Å²) >= 11 is 0. The average molecular weight is 454 g/mol. The van der Waals surface area contributed by atoms with Crippen molar-refractivity contribution in [1.82, 2.24) is 0 Å². The fourth-order valence-electron chi connectivity index (χ4n) is 3.92. The number of rotatable bonds is 4. The lowest BCUT2D eigenvalue weighted by Gasteiger charge is -2.32. The summed E-state index contributed by atoms with van der Waals surface area (Å²) in [7, 11) is 1.05. The van der Waals surface area contributed by atoms with Crippen molar-refractivity contribution in [1.29, 1.82) is 5.26 Å². The standard InChI is InChI=1S/C22H19F5N2O3/c1-11-16(14-7-8-15(23)17(24)18(14)31-3)19(32-21(11,2)22(25,26)27)20(30)29-13-6-4-5-12(9-13)10-28/h4-9,11,16,19H,1-3H3,(H,29,30)/t11-,16-,19+,21+/m0/s1. The Kier molecular flexibility index (Phi) is 6.15. The Hall–Kier alpha value is -3.19. The molecule has 0 unspecified atom stereocenters. The van der Waals surface area contributed by atoms with Gasteiger partial charge in [-0.05, 0) is 31.2 Å². The number of nitriles is 1. The van der Waals surface area contributed by atoms with Gasteiger partial charge < -0.3 is 14.8 Å². The van der Waals surface area contributed by atoms with Gasteiger partial charge in [0.15, 0.2) is 17.2 Å². The van der Waals surface area contributed by atoms with Gasteiger partial charge >= 0.3 is 6.18 Å². The third-order valence-electron chi connectivity index (χ3n) is 5.83. The molecule has 32 heavy (non-hydrogen) atoms. The molecule has 1 aliphatic rings. The minimum Gasteiger partial charge on any atom is -0.493 e. The minimum atomic E-state index is -4.85. The van der Waals surface area contributed by atoms with E-state index in [-0.39, 0.29) is 16.8 Å². The van der Waals surface area contributed by atoms with E-state index in [4.69, 9.17) is 14.7 Å². The number of halogens is 5. The van der Waals surface area contributed by atoms with Gasteiger partial charge in [-0.2, -0.15) is 22.8 Å². The van der Waals surface area contributed by atoms with E-state index >= 15 is 0 Å². The van der Waals surface area contributed by atoms with Gasteiger partial charge in [0.05, 0.1) is 18.7 Å². The van der Waals surface area contributed by atoms with Gasteiger partial charge in [-0.1, -0.05) is 19.1 Å². The Morgan fingerprint density at radius 3 is 2.53 bits per heavy atom. The fraction of sp³-hybridized carbons (Fsp3) is 0.364. The molecule has 0 bridgehead atoms. The maximum Gasteiger partial charge on any atom is 0.417 e. The second-order valence-electron chi connectivity index (χ2n) is 7.62. The second-order valence-corrected chi connectivity index (χ2v) is 7.62. The van der Waals surface area contributed by atoms with Crippen LogP contribution in [0.15, 0.2) is 36.4 Å². The molecule has 0 spiro atoms. The van der Waals surface area contributed by atoms with Crippen molar-refractivity contribution in [3.63, 3.8) is 0 Å². The molecular weight excluding hydrogens is 435 g/mol. The molecule has 5 nitrogen and oxygen atoms in total. The topological polar surface area (TPSA) is 71.3 Å². The number of amides is 1. The molecule has 170 valence electrons. The monoisotopic (exact) mass is 454 g/mol. The summed E-state index contributed by atoms with van der Waals surface area (Å²) in [6.07, 6.45) is -6.56. The van der Waals surface area contributed by atoms with Gasteiger partial charge in [0, 0.05) is 23.1 Å². The number of carbonyl (C=O) groups is 1. The van der Waals surface area contributed by atoms with Crippen LogP contribution in [0.4, 0.5) is 27.6 Å². The third-order valence-corrected chi connectivity index (χ3v) is 5.83. The predicted molar refractivity (Wildman–Crippen MR) is 104 cm³/mol. The third kappa shape index (κ3) is 3.88. The van der Waals surface area contributed by atoms with Crippen LogP contribution in [0, 0.1) is 28.9 Å². The van der Waals surface area contributed by atoms with E-state index in [0.717, 1.165) is 26.2 Å². The van der Waals surface area contributed by atoms with E-state index in [1.165, 1.54) is 31.2 Å². The largest absolute Gasteiger partial charge is 0.493 e. The molecule has 1 amide bonds. The zero-order valence-electron chi connectivity index (χ0n) is 17.3. The van der Waals surface area contributed by atoms with Crippen LogP contribution in [-0.2, 0) is 9.53 Å². The molecule has 1 heterocycles. The van der Waals surface area contributed by atoms with E-state index in [0.29, 0.717) is 0 Å². The van der Waals surface area contributed by atoms with Gasteiger partial charge in [0.25, 0.3) is 5.91 Å². The summed E-state index contributed by atoms with van der Waals surface area (Å²) in [6.45, 7) is 2.03. The van der Waals surface area contributed by atoms with Crippen molar-refractivity contribution in [2.45, 2.75) is 37.6 Å². The van der Waals surface area contributed by atoms with Crippen molar-refractivity contribution in [3.8, 4) is 11.8 Å². The van der Waals surface area contributed by atoms with Crippen LogP contribution in [0.2, 0.25) is 0 Å². The summed E-state index contributed by atoms with van der Waals surface area (Å²) < 4.78 is 80.0. The van der Waals surface area contributed by atoms with Gasteiger partial charge in [-0.25, -0.2) is 4.39 Å². The molecule has 1 aliphatic heterocycles. The molecular formula is C22H19F5N2O3. The van der Waals surface area contributed by atoms with E-state index in [1.807, 2.05) is 6.07 Å². The highest BCUT2D eigenvalue weighted by Gasteiger charge is 2.65. The Bertz CT molecular complexity index is 1080. The van der Waals surface area contributed by atoms with Crippen LogP contribution in [0.25, 0.3) is 0 Å². The highest BCUT2D eigenvalue weighted by atomic mass is 19.4. The molecule has 3 rings (SSSR count). The number of alkyl halides is 3. The molecule has 1 fully saturated rings. The molecule has 0 aromatic heterocycles. The predicted octanol–water partition coefficient (Wildman–Crippen LogP) is 4.92. The molecule has 0 radical (unpaired) electrons. The van der Waals surface area contributed by atoms with E-state index in [2.05, 4.69) is 5.32 Å². The number of hydrogen-bond acceptors (Lipinski definition) is 4. The van der Waals surface area contributed by atoms with E-state index in [9.17, 15) is 26.7 Å². The number of hydrogen-bond donors (Lipinski definition) is 1. The first-order valence-corrected chi connectivity index (χ1v) is 9.52. The normalized spacial score (nSPS) is 25.3. The van der Waals surface area contributed by atoms with Crippen molar-refractivity contribution >= 4 is 11.6 Å². The highest BCUT2D eigenvalue weighted by molar-refractivity contribution is 5.95. The second kappa shape index (κ2) is 8.39. The lowest BCUT2D eigenvalue weighted by molar-refractivity contribution is -0.272. The molecule has 10 heteroatoms. The Morgan fingerprint density at radius 1 is 1.25 bits per heavy atom. The summed E-state index contributed by atoms with van der Waals surface area (Å²) in [6, 6.07) is 9.49. The van der Waals surface area contributed by atoms with Crippen LogP contribution in [0.3, 0.4) is 0 Å². The Morgan fingerprint density at radius 2 is 1.94 bits per heavy atom. The number of anilines is 1. The molecule has 0 saturated carbocycles. The first kappa shape index (κ1) is 23.5. The maximum atomic E-state index is 14.3. The first-order chi connectivity index (χ1) is 14.9. The summed E-state index contributed by atoms with van der Waals surface area (Å²) in [5, 5.41) is 11.4. The maximum absolute atomic E-state index is 14.3. The summed E-state index contributed by atoms with van der Waals surface area (Å²) in [5.41, 5.74) is -2.48. The molecule has 2 aromatic carbocycles. The van der Waals surface area contributed by atoms with Crippen molar-refractivity contribution in [2.24, 2.45) is 5.92 Å². The number of nitrogens with zero attached hydrogens (tertiary/aromatic N) is 1. The average Bonchev–Trinajstić information content (AvgIpc) is 3.02. The van der Waals surface area contributed by atoms with Crippen LogP contribution < -0.4 is 10.1 Å². The van der Waals surface area contributed by atoms with Crippen LogP contribution >= 0.6 is 0 Å². The zero-order valence-corrected chi connectivity index (χ0v) is 17.3. The number of benzene rings is 2. The van der Waals surface area contributed by atoms with E-state index < -0.39 is 53.0 Å². The molecule has 2 aromatic rings. The Labute approximate surface area is 180 Å². The SMILES string of the molecule is COc1c([C@H]2[C@H](C(=O)Nc3cccc(C#N)c3)O[C@@](C)(C(F)(F)F)[C@H]2C)ccc(F)c1F. The van der Waals surface area contributed by atoms with Crippen molar-refractivity contribution in [2.75, 3.05) is 12.4 Å². The van der Waals surface area contributed by atoms with Gasteiger partial charge in [0.1, 0.15) is 6.10 Å². The minimum absolute atomic E-state index is 0.127. The lowest BCUT2D eigenvalue weighted by Crippen LogP contribution is -2.47. The van der Waals surface area contributed by atoms with Crippen LogP contribution in [-0.4, -0.2) is 30.9 Å². The number of methoxy groups -OCH3 is 1. The molecule has 4 atom stereocenters. The quantitative estimate of drug-likeness (QED) is 0.666. The fourth-order valence-corrected chi connectivity index (χ4v) is 3.92. The summed E-state index contributed by atoms with van der Waals surface area (Å²) in [4.78, 5) is 13.0. The van der Waals surface area contributed by atoms with E-state index in [1.54, 1.807) is 0 Å². The Balaban J connectivity index is 2.08. The summed E-state index contributed by atoms with van der Waals surface area (Å²) in [5.74, 6) is -6.82. The van der Waals surface area contributed by atoms with Gasteiger partial charge in [0.2, 0.25) is 5.82 Å². The lowest BCUT2D eigenvalue weighted by atomic mass is 9.77. The van der Waals surface area contributed by atoms with Crippen LogP contribution in [0.1, 0.15) is 30.9 Å². The van der Waals surface area contributed by atoms with Gasteiger partial charge in [-0.3, -0.25) is 4.79 Å². The first-order valence-electron chi connectivity index (χ1n) is 9.52. The molecule has 1 N–H and O–H groups in total.